The fraction of sp³-hybridized carbons (Fsp3) is 0.424. The number of carboxylic acids is 1. The second-order valence-electron chi connectivity index (χ2n) is 12.8. The highest BCUT2D eigenvalue weighted by atomic mass is 19.4. The van der Waals surface area contributed by atoms with Crippen molar-refractivity contribution in [2.24, 2.45) is 5.92 Å². The molecule has 1 aliphatic heterocycles. The molecule has 4 fully saturated rings. The topological polar surface area (TPSA) is 103 Å². The van der Waals surface area contributed by atoms with E-state index in [4.69, 9.17) is 9.26 Å². The van der Waals surface area contributed by atoms with E-state index >= 15 is 0 Å². The number of carboxylic acid groups (broad SMARTS) is 1. The molecule has 3 aliphatic carbocycles. The first-order chi connectivity index (χ1) is 21.5. The number of hydrogen-bond donors (Lipinski definition) is 1. The molecule has 2 aromatic heterocycles. The third-order valence-corrected chi connectivity index (χ3v) is 9.80. The zero-order valence-corrected chi connectivity index (χ0v) is 24.6. The number of aromatic nitrogens is 3. The zero-order chi connectivity index (χ0) is 31.2. The normalized spacial score (nSPS) is 24.9. The number of anilines is 1. The number of carbonyl (C=O) groups is 1. The Bertz CT molecular complexity index is 1780. The molecule has 4 atom stereocenters. The molecular formula is C33H31F3N4O5. The lowest BCUT2D eigenvalue weighted by Gasteiger charge is -2.80. The van der Waals surface area contributed by atoms with E-state index in [1.807, 2.05) is 26.0 Å². The van der Waals surface area contributed by atoms with Gasteiger partial charge in [0, 0.05) is 52.3 Å². The molecule has 1 saturated heterocycles. The summed E-state index contributed by atoms with van der Waals surface area (Å²) in [5.41, 5.74) is 3.78. The third kappa shape index (κ3) is 4.52. The van der Waals surface area contributed by atoms with Crippen molar-refractivity contribution in [3.8, 4) is 28.3 Å². The molecule has 3 saturated carbocycles. The van der Waals surface area contributed by atoms with Crippen LogP contribution in [0.25, 0.3) is 22.5 Å². The molecule has 0 spiro atoms. The smallest absolute Gasteiger partial charge is 0.477 e. The Labute approximate surface area is 256 Å². The summed E-state index contributed by atoms with van der Waals surface area (Å²) in [6.45, 7) is 4.02. The van der Waals surface area contributed by atoms with Gasteiger partial charge in [0.25, 0.3) is 0 Å². The van der Waals surface area contributed by atoms with Crippen LogP contribution in [0.4, 0.5) is 18.9 Å². The molecule has 4 aromatic rings. The fourth-order valence-electron chi connectivity index (χ4n) is 7.56. The number of benzene rings is 2. The Kier molecular flexibility index (Phi) is 6.16. The van der Waals surface area contributed by atoms with Crippen LogP contribution in [0, 0.1) is 5.92 Å². The standard InChI is InChI=1S/C33H31F3N4O5/c1-17(2)40-24(31(41)42)13-23(37-40)18-9-11-20(12-10-18)39-25-14-32(15-26(39)28(25)32)43-16-22-29(38-45-30(22)19-7-8-19)21-5-3-4-6-27(21)44-33(34,35)36/h3-6,9-13,17,19,25-26,28H,7-8,14-16H2,1-2H3,(H,41,42)/t25-,26+,28?,32+. The minimum absolute atomic E-state index is 0.0715. The molecule has 2 aromatic carbocycles. The fourth-order valence-corrected chi connectivity index (χ4v) is 7.56. The maximum Gasteiger partial charge on any atom is 0.573 e. The number of aromatic carboxylic acids is 1. The molecule has 8 rings (SSSR count). The van der Waals surface area contributed by atoms with Crippen LogP contribution in [0.15, 0.2) is 59.1 Å². The van der Waals surface area contributed by atoms with E-state index in [1.54, 1.807) is 18.2 Å². The summed E-state index contributed by atoms with van der Waals surface area (Å²) in [6.07, 6.45) is -1.19. The highest BCUT2D eigenvalue weighted by Gasteiger charge is 2.77. The lowest BCUT2D eigenvalue weighted by atomic mass is 9.42. The average molecular weight is 621 g/mol. The predicted octanol–water partition coefficient (Wildman–Crippen LogP) is 7.20. The number of alkyl halides is 3. The first kappa shape index (κ1) is 28.2. The van der Waals surface area contributed by atoms with E-state index in [2.05, 4.69) is 32.0 Å². The number of hydrogen-bond acceptors (Lipinski definition) is 7. The van der Waals surface area contributed by atoms with Gasteiger partial charge >= 0.3 is 12.3 Å². The van der Waals surface area contributed by atoms with Gasteiger partial charge in [0.05, 0.1) is 17.9 Å². The average Bonchev–Trinajstić information content (AvgIpc) is 3.57. The zero-order valence-electron chi connectivity index (χ0n) is 24.6. The van der Waals surface area contributed by atoms with Crippen molar-refractivity contribution in [3.05, 3.63) is 71.6 Å². The number of rotatable bonds is 10. The van der Waals surface area contributed by atoms with Crippen molar-refractivity contribution in [2.45, 2.75) is 82.1 Å². The maximum atomic E-state index is 13.1. The van der Waals surface area contributed by atoms with Gasteiger partial charge in [-0.15, -0.1) is 13.2 Å². The van der Waals surface area contributed by atoms with Gasteiger partial charge in [0.2, 0.25) is 0 Å². The third-order valence-electron chi connectivity index (χ3n) is 9.80. The van der Waals surface area contributed by atoms with Gasteiger partial charge in [-0.1, -0.05) is 29.4 Å². The van der Waals surface area contributed by atoms with Crippen molar-refractivity contribution >= 4 is 11.7 Å². The Balaban J connectivity index is 0.965. The first-order valence-electron chi connectivity index (χ1n) is 15.2. The SMILES string of the molecule is CC(C)n1nc(-c2ccc(N3[C@@H]4C[C@]5(OCc6c(-c7ccccc7OC(F)(F)F)noc6C6CC6)C[C@H]3C45)cc2)cc1C(=O)O. The van der Waals surface area contributed by atoms with Gasteiger partial charge in [-0.05, 0) is 69.9 Å². The summed E-state index contributed by atoms with van der Waals surface area (Å²) in [5.74, 6) is -0.0256. The van der Waals surface area contributed by atoms with Crippen LogP contribution < -0.4 is 9.64 Å². The molecule has 3 heterocycles. The number of nitrogens with zero attached hydrogens (tertiary/aromatic N) is 4. The monoisotopic (exact) mass is 620 g/mol. The number of piperidine rings is 3. The van der Waals surface area contributed by atoms with Crippen molar-refractivity contribution in [3.63, 3.8) is 0 Å². The van der Waals surface area contributed by atoms with Crippen LogP contribution >= 0.6 is 0 Å². The van der Waals surface area contributed by atoms with E-state index in [-0.39, 0.29) is 41.2 Å². The van der Waals surface area contributed by atoms with Crippen LogP contribution in [0.5, 0.6) is 5.75 Å². The van der Waals surface area contributed by atoms with Gasteiger partial charge < -0.3 is 24.0 Å². The lowest BCUT2D eigenvalue weighted by Crippen LogP contribution is -2.89. The van der Waals surface area contributed by atoms with E-state index in [0.717, 1.165) is 36.9 Å². The maximum absolute atomic E-state index is 13.1. The molecule has 12 heteroatoms. The van der Waals surface area contributed by atoms with E-state index in [0.29, 0.717) is 40.7 Å². The Hall–Kier alpha value is -4.32. The summed E-state index contributed by atoms with van der Waals surface area (Å²) in [5, 5.41) is 18.3. The van der Waals surface area contributed by atoms with Crippen LogP contribution in [-0.2, 0) is 11.3 Å². The van der Waals surface area contributed by atoms with E-state index < -0.39 is 12.3 Å². The van der Waals surface area contributed by atoms with Crippen molar-refractivity contribution in [1.29, 1.82) is 0 Å². The van der Waals surface area contributed by atoms with Gasteiger partial charge in [0.15, 0.2) is 0 Å². The molecule has 0 bridgehead atoms. The van der Waals surface area contributed by atoms with Crippen LogP contribution in [0.1, 0.15) is 73.3 Å². The summed E-state index contributed by atoms with van der Waals surface area (Å²) in [7, 11) is 0. The second-order valence-corrected chi connectivity index (χ2v) is 12.8. The molecule has 0 radical (unpaired) electrons. The quantitative estimate of drug-likeness (QED) is 0.199. The van der Waals surface area contributed by atoms with Gasteiger partial charge in [-0.2, -0.15) is 5.10 Å². The van der Waals surface area contributed by atoms with E-state index in [9.17, 15) is 23.1 Å². The predicted molar refractivity (Wildman–Crippen MR) is 156 cm³/mol. The summed E-state index contributed by atoms with van der Waals surface area (Å²) < 4.78 is 57.5. The summed E-state index contributed by atoms with van der Waals surface area (Å²) >= 11 is 0. The highest BCUT2D eigenvalue weighted by Crippen LogP contribution is 2.68. The summed E-state index contributed by atoms with van der Waals surface area (Å²) in [4.78, 5) is 14.1. The Morgan fingerprint density at radius 3 is 2.42 bits per heavy atom. The second kappa shape index (κ2) is 9.84. The molecule has 1 N–H and O–H groups in total. The Morgan fingerprint density at radius 2 is 1.82 bits per heavy atom. The molecule has 45 heavy (non-hydrogen) atoms. The van der Waals surface area contributed by atoms with Crippen molar-refractivity contribution in [2.75, 3.05) is 4.90 Å². The minimum atomic E-state index is -4.83. The van der Waals surface area contributed by atoms with Gasteiger partial charge in [0.1, 0.15) is 22.9 Å². The molecule has 4 aliphatic rings. The summed E-state index contributed by atoms with van der Waals surface area (Å²) in [6, 6.07) is 16.3. The number of ether oxygens (including phenoxy) is 2. The molecule has 234 valence electrons. The number of para-hydroxylation sites is 1. The largest absolute Gasteiger partial charge is 0.573 e. The van der Waals surface area contributed by atoms with Crippen LogP contribution in [-0.4, -0.2) is 50.1 Å². The highest BCUT2D eigenvalue weighted by molar-refractivity contribution is 5.87. The van der Waals surface area contributed by atoms with Gasteiger partial charge in [-0.25, -0.2) is 4.79 Å². The van der Waals surface area contributed by atoms with Crippen molar-refractivity contribution < 1.29 is 37.1 Å². The Morgan fingerprint density at radius 1 is 1.11 bits per heavy atom. The number of halogens is 3. The molecule has 0 amide bonds. The van der Waals surface area contributed by atoms with Crippen molar-refractivity contribution in [1.82, 2.24) is 14.9 Å². The van der Waals surface area contributed by atoms with E-state index in [1.165, 1.54) is 16.8 Å². The lowest BCUT2D eigenvalue weighted by molar-refractivity contribution is -0.276. The first-order valence-corrected chi connectivity index (χ1v) is 15.2. The molecule has 1 unspecified atom stereocenters. The van der Waals surface area contributed by atoms with Gasteiger partial charge in [-0.3, -0.25) is 4.68 Å². The van der Waals surface area contributed by atoms with Crippen LogP contribution in [0.3, 0.4) is 0 Å². The minimum Gasteiger partial charge on any atom is -0.477 e. The van der Waals surface area contributed by atoms with Crippen LogP contribution in [0.2, 0.25) is 0 Å². The molecule has 9 nitrogen and oxygen atoms in total. The molecular weight excluding hydrogens is 589 g/mol.